The van der Waals surface area contributed by atoms with E-state index in [2.05, 4.69) is 5.92 Å². The summed E-state index contributed by atoms with van der Waals surface area (Å²) >= 11 is 0. The maximum atomic E-state index is 13.9. The van der Waals surface area contributed by atoms with Gasteiger partial charge in [0.15, 0.2) is 8.32 Å². The van der Waals surface area contributed by atoms with Gasteiger partial charge in [0.2, 0.25) is 0 Å². The van der Waals surface area contributed by atoms with Crippen LogP contribution in [0, 0.1) is 12.3 Å². The van der Waals surface area contributed by atoms with Gasteiger partial charge in [0.1, 0.15) is 30.3 Å². The van der Waals surface area contributed by atoms with Crippen molar-refractivity contribution in [2.75, 3.05) is 20.3 Å². The summed E-state index contributed by atoms with van der Waals surface area (Å²) in [6.45, 7) is 10.1. The fraction of sp³-hybridized carbons (Fsp3) is 0.519. The van der Waals surface area contributed by atoms with Crippen LogP contribution in [0.25, 0.3) is 0 Å². The monoisotopic (exact) mass is 582 g/mol. The van der Waals surface area contributed by atoms with Crippen LogP contribution in [0.1, 0.15) is 49.3 Å². The molecule has 2 aromatic rings. The van der Waals surface area contributed by atoms with Crippen molar-refractivity contribution in [3.05, 3.63) is 62.4 Å². The molecule has 1 saturated heterocycles. The number of terminal acetylenes is 1. The van der Waals surface area contributed by atoms with Crippen LogP contribution < -0.4 is 16.0 Å². The Balaban J connectivity index is 2.06. The maximum absolute atomic E-state index is 13.9. The first-order valence-electron chi connectivity index (χ1n) is 12.5. The van der Waals surface area contributed by atoms with E-state index in [1.165, 1.54) is 31.4 Å². The van der Waals surface area contributed by atoms with Gasteiger partial charge in [-0.1, -0.05) is 26.7 Å². The van der Waals surface area contributed by atoms with Crippen molar-refractivity contribution in [1.29, 1.82) is 0 Å². The molecule has 1 aromatic heterocycles. The van der Waals surface area contributed by atoms with Gasteiger partial charge in [0.25, 0.3) is 11.5 Å². The molecule has 0 amide bonds. The van der Waals surface area contributed by atoms with Gasteiger partial charge in [-0.15, -0.1) is 6.42 Å². The standard InChI is InChI=1S/C27H33F3N2O7Si/c1-8-13-37-20-14-22(39-21(20)16-38-40(6,7)26(2,3)4)31-15-19(27(28,29)30)24(34)32(25(31)35)23(33)17-9-11-18(36-5)12-10-17/h1,9-12,15,20-22H,13-14,16H2,2-7H3/t20-,21+,22+/m0/s1. The molecule has 218 valence electrons. The minimum absolute atomic E-state index is 0.0370. The molecule has 1 aliphatic heterocycles. The summed E-state index contributed by atoms with van der Waals surface area (Å²) in [5.74, 6) is 1.48. The van der Waals surface area contributed by atoms with Gasteiger partial charge in [-0.3, -0.25) is 14.2 Å². The van der Waals surface area contributed by atoms with Gasteiger partial charge in [0.05, 0.1) is 19.8 Å². The highest BCUT2D eigenvalue weighted by Crippen LogP contribution is 2.38. The molecule has 0 bridgehead atoms. The van der Waals surface area contributed by atoms with Crippen LogP contribution in [0.4, 0.5) is 13.2 Å². The first kappa shape index (κ1) is 31.3. The van der Waals surface area contributed by atoms with Crippen molar-refractivity contribution >= 4 is 14.2 Å². The number of benzene rings is 1. The molecule has 1 fully saturated rings. The molecule has 0 radical (unpaired) electrons. The van der Waals surface area contributed by atoms with Crippen LogP contribution in [0.5, 0.6) is 5.75 Å². The number of hydrogen-bond acceptors (Lipinski definition) is 7. The molecular formula is C27H33F3N2O7Si. The lowest BCUT2D eigenvalue weighted by molar-refractivity contribution is -0.139. The number of hydrogen-bond donors (Lipinski definition) is 0. The molecule has 40 heavy (non-hydrogen) atoms. The van der Waals surface area contributed by atoms with E-state index in [9.17, 15) is 27.6 Å². The summed E-state index contributed by atoms with van der Waals surface area (Å²) in [4.78, 5) is 39.4. The summed E-state index contributed by atoms with van der Waals surface area (Å²) in [5, 5.41) is -0.129. The smallest absolute Gasteiger partial charge is 0.423 e. The summed E-state index contributed by atoms with van der Waals surface area (Å²) < 4.78 is 65.2. The van der Waals surface area contributed by atoms with E-state index < -0.39 is 55.6 Å². The Morgan fingerprint density at radius 3 is 2.33 bits per heavy atom. The largest absolute Gasteiger partial charge is 0.497 e. The third-order valence-electron chi connectivity index (χ3n) is 7.25. The Morgan fingerprint density at radius 1 is 1.18 bits per heavy atom. The summed E-state index contributed by atoms with van der Waals surface area (Å²) in [7, 11) is -0.859. The number of carbonyl (C=O) groups excluding carboxylic acids is 1. The molecule has 0 spiro atoms. The summed E-state index contributed by atoms with van der Waals surface area (Å²) in [6.07, 6.45) is -2.30. The topological polar surface area (TPSA) is 98.0 Å². The van der Waals surface area contributed by atoms with E-state index in [0.29, 0.717) is 16.5 Å². The molecule has 0 N–H and O–H groups in total. The lowest BCUT2D eigenvalue weighted by Crippen LogP contribution is -2.47. The zero-order valence-corrected chi connectivity index (χ0v) is 24.2. The second kappa shape index (κ2) is 11.7. The minimum Gasteiger partial charge on any atom is -0.497 e. The number of methoxy groups -OCH3 is 1. The Bertz CT molecular complexity index is 1390. The molecule has 9 nitrogen and oxygen atoms in total. The second-order valence-electron chi connectivity index (χ2n) is 10.9. The predicted molar refractivity (Wildman–Crippen MR) is 143 cm³/mol. The number of ether oxygens (including phenoxy) is 3. The summed E-state index contributed by atoms with van der Waals surface area (Å²) in [5.41, 5.74) is -4.95. The third-order valence-corrected chi connectivity index (χ3v) is 11.7. The number of rotatable bonds is 8. The molecular weight excluding hydrogens is 549 g/mol. The highest BCUT2D eigenvalue weighted by Gasteiger charge is 2.44. The first-order chi connectivity index (χ1) is 18.5. The van der Waals surface area contributed by atoms with Crippen LogP contribution in [0.15, 0.2) is 40.1 Å². The van der Waals surface area contributed by atoms with Gasteiger partial charge >= 0.3 is 11.9 Å². The molecule has 0 saturated carbocycles. The lowest BCUT2D eigenvalue weighted by Gasteiger charge is -2.37. The van der Waals surface area contributed by atoms with Crippen molar-refractivity contribution in [2.45, 2.75) is 69.9 Å². The molecule has 3 atom stereocenters. The number of aromatic nitrogens is 2. The molecule has 1 aromatic carbocycles. The fourth-order valence-electron chi connectivity index (χ4n) is 3.87. The maximum Gasteiger partial charge on any atom is 0.423 e. The number of alkyl halides is 3. The quantitative estimate of drug-likeness (QED) is 0.342. The van der Waals surface area contributed by atoms with Crippen LogP contribution in [0.2, 0.25) is 18.1 Å². The van der Waals surface area contributed by atoms with Crippen molar-refractivity contribution < 1.29 is 36.6 Å². The van der Waals surface area contributed by atoms with Crippen molar-refractivity contribution in [1.82, 2.24) is 9.13 Å². The van der Waals surface area contributed by atoms with Gasteiger partial charge in [-0.2, -0.15) is 17.7 Å². The van der Waals surface area contributed by atoms with E-state index in [-0.39, 0.29) is 34.8 Å². The van der Waals surface area contributed by atoms with Crippen LogP contribution >= 0.6 is 0 Å². The molecule has 13 heteroatoms. The average molecular weight is 583 g/mol. The van der Waals surface area contributed by atoms with Crippen molar-refractivity contribution in [3.8, 4) is 18.1 Å². The number of carbonyl (C=O) groups is 1. The highest BCUT2D eigenvalue weighted by molar-refractivity contribution is 6.74. The second-order valence-corrected chi connectivity index (χ2v) is 15.7. The molecule has 1 aliphatic rings. The van der Waals surface area contributed by atoms with E-state index in [1.54, 1.807) is 0 Å². The van der Waals surface area contributed by atoms with Crippen molar-refractivity contribution in [3.63, 3.8) is 0 Å². The number of halogens is 3. The van der Waals surface area contributed by atoms with Crippen LogP contribution in [0.3, 0.4) is 0 Å². The predicted octanol–water partition coefficient (Wildman–Crippen LogP) is 4.05. The van der Waals surface area contributed by atoms with Crippen LogP contribution in [-0.4, -0.2) is 55.9 Å². The Hall–Kier alpha value is -3.18. The average Bonchev–Trinajstić information content (AvgIpc) is 3.27. The van der Waals surface area contributed by atoms with E-state index >= 15 is 0 Å². The van der Waals surface area contributed by atoms with Crippen molar-refractivity contribution in [2.24, 2.45) is 0 Å². The first-order valence-corrected chi connectivity index (χ1v) is 15.4. The summed E-state index contributed by atoms with van der Waals surface area (Å²) in [6, 6.07) is 5.24. The molecule has 0 unspecified atom stereocenters. The zero-order chi connectivity index (χ0) is 30.0. The van der Waals surface area contributed by atoms with E-state index in [0.717, 1.165) is 0 Å². The third kappa shape index (κ3) is 6.58. The fourth-order valence-corrected chi connectivity index (χ4v) is 4.89. The van der Waals surface area contributed by atoms with Gasteiger partial charge in [0, 0.05) is 18.2 Å². The zero-order valence-electron chi connectivity index (χ0n) is 23.2. The van der Waals surface area contributed by atoms with E-state index in [4.69, 9.17) is 25.1 Å². The molecule has 0 aliphatic carbocycles. The SMILES string of the molecule is C#CCO[C@H]1C[C@H](n2cc(C(F)(F)F)c(=O)n(C(=O)c3ccc(OC)cc3)c2=O)O[C@@H]1CO[Si](C)(C)C(C)(C)C. The molecule has 2 heterocycles. The van der Waals surface area contributed by atoms with Crippen LogP contribution in [-0.2, 0) is 20.1 Å². The lowest BCUT2D eigenvalue weighted by atomic mass is 10.2. The van der Waals surface area contributed by atoms with Gasteiger partial charge in [-0.05, 0) is 42.4 Å². The van der Waals surface area contributed by atoms with Gasteiger partial charge < -0.3 is 18.6 Å². The Kier molecular flexibility index (Phi) is 9.20. The van der Waals surface area contributed by atoms with Gasteiger partial charge in [-0.25, -0.2) is 4.79 Å². The number of nitrogens with zero attached hydrogens (tertiary/aromatic N) is 2. The highest BCUT2D eigenvalue weighted by atomic mass is 28.4. The Labute approximate surface area is 230 Å². The minimum atomic E-state index is -5.16. The van der Waals surface area contributed by atoms with E-state index in [1.807, 2.05) is 33.9 Å². The normalized spacial score (nSPS) is 19.9. The molecule has 3 rings (SSSR count). The Morgan fingerprint density at radius 2 is 1.80 bits per heavy atom.